The van der Waals surface area contributed by atoms with Crippen molar-refractivity contribution in [1.82, 2.24) is 5.32 Å². The third-order valence-corrected chi connectivity index (χ3v) is 2.36. The number of hydrogen-bond acceptors (Lipinski definition) is 1. The van der Waals surface area contributed by atoms with E-state index in [0.29, 0.717) is 3.86 Å². The maximum Gasteiger partial charge on any atom is 0.0750 e. The van der Waals surface area contributed by atoms with Crippen LogP contribution < -0.4 is 5.32 Å². The van der Waals surface area contributed by atoms with Gasteiger partial charge in [0, 0.05) is 13.1 Å². The second-order valence-electron chi connectivity index (χ2n) is 1.44. The molecule has 0 spiro atoms. The van der Waals surface area contributed by atoms with Crippen molar-refractivity contribution < 1.29 is 0 Å². The Labute approximate surface area is 110 Å². The SMILES string of the molecule is IC(I)CNCC(I)I. The predicted octanol–water partition coefficient (Wildman–Crippen LogP) is 2.97. The summed E-state index contributed by atoms with van der Waals surface area (Å²) in [6.45, 7) is 2.23. The van der Waals surface area contributed by atoms with Gasteiger partial charge in [-0.3, -0.25) is 0 Å². The number of rotatable bonds is 4. The third-order valence-electron chi connectivity index (χ3n) is 0.597. The van der Waals surface area contributed by atoms with Crippen LogP contribution >= 0.6 is 90.4 Å². The Bertz CT molecular complexity index is 57.6. The van der Waals surface area contributed by atoms with Gasteiger partial charge in [-0.05, 0) is 0 Å². The smallest absolute Gasteiger partial charge is 0.0750 e. The molecule has 1 nitrogen and oxygen atoms in total. The Balaban J connectivity index is 2.91. The minimum Gasteiger partial charge on any atom is -0.313 e. The second-order valence-corrected chi connectivity index (χ2v) is 12.2. The zero-order valence-electron chi connectivity index (χ0n) is 4.58. The average Bonchev–Trinajstić information content (AvgIpc) is 1.63. The van der Waals surface area contributed by atoms with Crippen LogP contribution in [0, 0.1) is 0 Å². The molecule has 0 heterocycles. The lowest BCUT2D eigenvalue weighted by Crippen LogP contribution is -2.23. The van der Waals surface area contributed by atoms with Gasteiger partial charge in [-0.25, -0.2) is 0 Å². The maximum atomic E-state index is 3.35. The highest BCUT2D eigenvalue weighted by Crippen LogP contribution is 2.10. The average molecular weight is 577 g/mol. The summed E-state index contributed by atoms with van der Waals surface area (Å²) >= 11 is 9.63. The molecule has 5 heteroatoms. The van der Waals surface area contributed by atoms with Gasteiger partial charge in [0.1, 0.15) is 0 Å². The van der Waals surface area contributed by atoms with E-state index in [1.54, 1.807) is 0 Å². The number of nitrogens with one attached hydrogen (secondary N) is 1. The fourth-order valence-corrected chi connectivity index (χ4v) is 1.55. The van der Waals surface area contributed by atoms with Crippen molar-refractivity contribution in [1.29, 1.82) is 0 Å². The van der Waals surface area contributed by atoms with Crippen LogP contribution in [-0.4, -0.2) is 17.0 Å². The molecule has 0 aromatic carbocycles. The van der Waals surface area contributed by atoms with E-state index in [0.717, 1.165) is 13.1 Å². The highest BCUT2D eigenvalue weighted by atomic mass is 127. The molecule has 0 radical (unpaired) electrons. The first-order valence-corrected chi connectivity index (χ1v) is 7.38. The highest BCUT2D eigenvalue weighted by molar-refractivity contribution is 14.2. The van der Waals surface area contributed by atoms with Gasteiger partial charge in [0.25, 0.3) is 0 Å². The number of alkyl halides is 4. The normalized spacial score (nSPS) is 11.3. The first-order chi connectivity index (χ1) is 4.13. The summed E-state index contributed by atoms with van der Waals surface area (Å²) in [6.07, 6.45) is 0. The molecule has 0 saturated heterocycles. The van der Waals surface area contributed by atoms with Crippen molar-refractivity contribution in [2.75, 3.05) is 13.1 Å². The second kappa shape index (κ2) is 7.53. The molecule has 0 aromatic heterocycles. The lowest BCUT2D eigenvalue weighted by molar-refractivity contribution is 0.773. The van der Waals surface area contributed by atoms with Crippen molar-refractivity contribution in [2.24, 2.45) is 0 Å². The third kappa shape index (κ3) is 10.9. The minimum absolute atomic E-state index is 0.715. The van der Waals surface area contributed by atoms with Crippen molar-refractivity contribution in [3.05, 3.63) is 0 Å². The largest absolute Gasteiger partial charge is 0.313 e. The van der Waals surface area contributed by atoms with Crippen molar-refractivity contribution >= 4 is 90.4 Å². The van der Waals surface area contributed by atoms with E-state index in [-0.39, 0.29) is 0 Å². The molecule has 0 aliphatic heterocycles. The molecule has 0 aromatic rings. The van der Waals surface area contributed by atoms with Crippen LogP contribution in [0.5, 0.6) is 0 Å². The molecule has 0 amide bonds. The summed E-state index contributed by atoms with van der Waals surface area (Å²) < 4.78 is 1.43. The van der Waals surface area contributed by atoms with Crippen LogP contribution in [0.2, 0.25) is 0 Å². The Hall–Kier alpha value is 2.88. The van der Waals surface area contributed by atoms with Gasteiger partial charge in [-0.2, -0.15) is 0 Å². The molecule has 9 heavy (non-hydrogen) atoms. The number of hydrogen-bond donors (Lipinski definition) is 1. The molecule has 0 rings (SSSR count). The van der Waals surface area contributed by atoms with E-state index in [9.17, 15) is 0 Å². The lowest BCUT2D eigenvalue weighted by Gasteiger charge is -2.04. The first-order valence-electron chi connectivity index (χ1n) is 2.40. The molecule has 56 valence electrons. The Morgan fingerprint density at radius 3 is 1.44 bits per heavy atom. The highest BCUT2D eigenvalue weighted by Gasteiger charge is 1.98. The van der Waals surface area contributed by atoms with E-state index in [1.807, 2.05) is 0 Å². The number of halogens is 4. The molecule has 0 fully saturated rings. The lowest BCUT2D eigenvalue weighted by atomic mass is 10.7. The summed E-state index contributed by atoms with van der Waals surface area (Å²) in [5, 5.41) is 3.35. The molecular formula is C4H7I4N. The monoisotopic (exact) mass is 577 g/mol. The summed E-state index contributed by atoms with van der Waals surface area (Å²) in [5.74, 6) is 0. The minimum atomic E-state index is 0.715. The van der Waals surface area contributed by atoms with Gasteiger partial charge in [-0.15, -0.1) is 0 Å². The Kier molecular flexibility index (Phi) is 9.93. The fourth-order valence-electron chi connectivity index (χ4n) is 0.302. The van der Waals surface area contributed by atoms with Crippen LogP contribution in [-0.2, 0) is 0 Å². The summed E-state index contributed by atoms with van der Waals surface area (Å²) in [6, 6.07) is 0. The van der Waals surface area contributed by atoms with Gasteiger partial charge >= 0.3 is 0 Å². The van der Waals surface area contributed by atoms with Crippen molar-refractivity contribution in [3.8, 4) is 0 Å². The van der Waals surface area contributed by atoms with Crippen LogP contribution in [0.25, 0.3) is 0 Å². The van der Waals surface area contributed by atoms with E-state index in [4.69, 9.17) is 0 Å². The fraction of sp³-hybridized carbons (Fsp3) is 1.00. The molecule has 0 saturated carbocycles. The van der Waals surface area contributed by atoms with Gasteiger partial charge in [0.05, 0.1) is 3.86 Å². The first kappa shape index (κ1) is 11.9. The standard InChI is InChI=1S/C4H7I4N/c5-3(6)1-9-2-4(7)8/h3-4,9H,1-2H2. The topological polar surface area (TPSA) is 12.0 Å². The zero-order valence-corrected chi connectivity index (χ0v) is 13.2. The molecule has 0 aliphatic carbocycles. The van der Waals surface area contributed by atoms with Gasteiger partial charge in [0.2, 0.25) is 0 Å². The van der Waals surface area contributed by atoms with Crippen molar-refractivity contribution in [2.45, 2.75) is 3.86 Å². The predicted molar refractivity (Wildman–Crippen MR) is 76.5 cm³/mol. The van der Waals surface area contributed by atoms with Gasteiger partial charge in [0.15, 0.2) is 0 Å². The zero-order chi connectivity index (χ0) is 7.28. The van der Waals surface area contributed by atoms with Crippen LogP contribution in [0.4, 0.5) is 0 Å². The quantitative estimate of drug-likeness (QED) is 0.401. The maximum absolute atomic E-state index is 3.35. The van der Waals surface area contributed by atoms with Crippen LogP contribution in [0.15, 0.2) is 0 Å². The van der Waals surface area contributed by atoms with E-state index in [2.05, 4.69) is 95.7 Å². The molecule has 1 N–H and O–H groups in total. The molecule has 0 aliphatic rings. The van der Waals surface area contributed by atoms with Crippen molar-refractivity contribution in [3.63, 3.8) is 0 Å². The molecule has 0 unspecified atom stereocenters. The van der Waals surface area contributed by atoms with E-state index < -0.39 is 0 Å². The van der Waals surface area contributed by atoms with E-state index in [1.165, 1.54) is 0 Å². The molecule has 0 atom stereocenters. The Morgan fingerprint density at radius 2 is 1.22 bits per heavy atom. The van der Waals surface area contributed by atoms with Gasteiger partial charge < -0.3 is 5.32 Å². The van der Waals surface area contributed by atoms with Gasteiger partial charge in [-0.1, -0.05) is 90.4 Å². The van der Waals surface area contributed by atoms with E-state index >= 15 is 0 Å². The van der Waals surface area contributed by atoms with Crippen LogP contribution in [0.3, 0.4) is 0 Å². The molecule has 0 bridgehead atoms. The summed E-state index contributed by atoms with van der Waals surface area (Å²) in [4.78, 5) is 0. The Morgan fingerprint density at radius 1 is 0.889 bits per heavy atom. The molecular weight excluding hydrogens is 570 g/mol. The van der Waals surface area contributed by atoms with Crippen LogP contribution in [0.1, 0.15) is 0 Å². The summed E-state index contributed by atoms with van der Waals surface area (Å²) in [5.41, 5.74) is 0. The summed E-state index contributed by atoms with van der Waals surface area (Å²) in [7, 11) is 0.